The maximum absolute atomic E-state index is 12.1. The first-order valence-corrected chi connectivity index (χ1v) is 2.82. The van der Waals surface area contributed by atoms with Crippen molar-refractivity contribution in [1.82, 2.24) is 0 Å². The van der Waals surface area contributed by atoms with Gasteiger partial charge in [-0.05, 0) is 0 Å². The highest BCUT2D eigenvalue weighted by molar-refractivity contribution is 4.78. The fourth-order valence-electron chi connectivity index (χ4n) is 0.576. The van der Waals surface area contributed by atoms with E-state index in [0.717, 1.165) is 0 Å². The van der Waals surface area contributed by atoms with E-state index in [0.29, 0.717) is 7.11 Å². The van der Waals surface area contributed by atoms with Crippen molar-refractivity contribution >= 4 is 0 Å². The van der Waals surface area contributed by atoms with Crippen LogP contribution in [0.1, 0.15) is 0 Å². The van der Waals surface area contributed by atoms with Gasteiger partial charge in [0.1, 0.15) is 0 Å². The molecule has 2 unspecified atom stereocenters. The van der Waals surface area contributed by atoms with Gasteiger partial charge in [-0.1, -0.05) is 0 Å². The molecule has 2 atom stereocenters. The van der Waals surface area contributed by atoms with Gasteiger partial charge in [-0.25, -0.2) is 13.2 Å². The zero-order valence-electron chi connectivity index (χ0n) is 5.91. The van der Waals surface area contributed by atoms with Crippen LogP contribution in [0.15, 0.2) is 0 Å². The van der Waals surface area contributed by atoms with E-state index in [9.17, 15) is 26.3 Å². The van der Waals surface area contributed by atoms with Gasteiger partial charge < -0.3 is 4.74 Å². The van der Waals surface area contributed by atoms with Crippen molar-refractivity contribution in [2.45, 2.75) is 24.9 Å². The zero-order valence-corrected chi connectivity index (χ0v) is 5.91. The maximum atomic E-state index is 12.1. The molecule has 0 fully saturated rings. The lowest BCUT2D eigenvalue weighted by Gasteiger charge is -2.21. The van der Waals surface area contributed by atoms with Gasteiger partial charge in [0.05, 0.1) is 0 Å². The minimum Gasteiger partial charge on any atom is -0.369 e. The Morgan fingerprint density at radius 2 is 1.50 bits per heavy atom. The minimum absolute atomic E-state index is 0.521. The average molecular weight is 196 g/mol. The van der Waals surface area contributed by atoms with E-state index in [1.807, 2.05) is 0 Å². The van der Waals surface area contributed by atoms with Crippen LogP contribution >= 0.6 is 0 Å². The molecule has 0 radical (unpaired) electrons. The second-order valence-corrected chi connectivity index (χ2v) is 1.98. The Morgan fingerprint density at radius 3 is 1.58 bits per heavy atom. The molecule has 12 heavy (non-hydrogen) atoms. The minimum atomic E-state index is -5.11. The highest BCUT2D eigenvalue weighted by Gasteiger charge is 2.49. The molecule has 0 rings (SSSR count). The molecule has 0 saturated heterocycles. The van der Waals surface area contributed by atoms with Gasteiger partial charge in [0, 0.05) is 7.11 Å². The van der Waals surface area contributed by atoms with Gasteiger partial charge in [0.15, 0.2) is 12.3 Å². The molecule has 0 bridgehead atoms. The second kappa shape index (κ2) is 3.97. The highest BCUT2D eigenvalue weighted by Crippen LogP contribution is 2.28. The monoisotopic (exact) mass is 196 g/mol. The van der Waals surface area contributed by atoms with Crippen LogP contribution in [0.4, 0.5) is 26.3 Å². The molecule has 74 valence electrons. The van der Waals surface area contributed by atoms with E-state index in [1.165, 1.54) is 0 Å². The molecular formula is C5H6F6O. The molecule has 0 aromatic carbocycles. The Hall–Kier alpha value is -0.460. The number of halogens is 6. The van der Waals surface area contributed by atoms with Crippen molar-refractivity contribution in [1.29, 1.82) is 0 Å². The lowest BCUT2D eigenvalue weighted by atomic mass is 10.2. The summed E-state index contributed by atoms with van der Waals surface area (Å²) in [5.74, 6) is 0. The number of ether oxygens (including phenoxy) is 1. The molecule has 1 nitrogen and oxygen atoms in total. The van der Waals surface area contributed by atoms with Crippen molar-refractivity contribution in [2.75, 3.05) is 7.11 Å². The largest absolute Gasteiger partial charge is 0.417 e. The molecule has 0 aliphatic carbocycles. The van der Waals surface area contributed by atoms with Gasteiger partial charge in [-0.2, -0.15) is 13.2 Å². The summed E-state index contributed by atoms with van der Waals surface area (Å²) in [7, 11) is 0.521. The molecule has 0 spiro atoms. The summed E-state index contributed by atoms with van der Waals surface area (Å²) in [5, 5.41) is 0. The number of rotatable bonds is 3. The molecule has 0 saturated carbocycles. The Morgan fingerprint density at radius 1 is 1.08 bits per heavy atom. The second-order valence-electron chi connectivity index (χ2n) is 1.98. The van der Waals surface area contributed by atoms with Crippen LogP contribution in [-0.4, -0.2) is 32.0 Å². The van der Waals surface area contributed by atoms with Crippen LogP contribution < -0.4 is 0 Å². The van der Waals surface area contributed by atoms with Crippen LogP contribution in [0, 0.1) is 0 Å². The third kappa shape index (κ3) is 2.88. The molecule has 0 aliphatic heterocycles. The SMILES string of the molecule is COC(C(F)C(F)F)C(F)(F)F. The first kappa shape index (κ1) is 11.5. The molecule has 0 aromatic heterocycles. The lowest BCUT2D eigenvalue weighted by Crippen LogP contribution is -2.42. The smallest absolute Gasteiger partial charge is 0.369 e. The summed E-state index contributed by atoms with van der Waals surface area (Å²) in [6.07, 6.45) is -15.2. The van der Waals surface area contributed by atoms with Crippen molar-refractivity contribution < 1.29 is 31.1 Å². The molecular weight excluding hydrogens is 190 g/mol. The maximum Gasteiger partial charge on any atom is 0.417 e. The summed E-state index contributed by atoms with van der Waals surface area (Å²) in [5.41, 5.74) is 0. The fourth-order valence-corrected chi connectivity index (χ4v) is 0.576. The molecule has 7 heteroatoms. The van der Waals surface area contributed by atoms with Crippen LogP contribution in [0.25, 0.3) is 0 Å². The molecule has 0 N–H and O–H groups in total. The molecule has 0 heterocycles. The van der Waals surface area contributed by atoms with Gasteiger partial charge in [-0.3, -0.25) is 0 Å². The predicted octanol–water partition coefficient (Wildman–Crippen LogP) is 2.17. The lowest BCUT2D eigenvalue weighted by molar-refractivity contribution is -0.241. The van der Waals surface area contributed by atoms with Gasteiger partial charge >= 0.3 is 6.18 Å². The van der Waals surface area contributed by atoms with E-state index in [1.54, 1.807) is 0 Å². The zero-order chi connectivity index (χ0) is 9.94. The standard InChI is InChI=1S/C5H6F6O/c1-12-3(5(9,10)11)2(6)4(7)8/h2-4H,1H3. The third-order valence-electron chi connectivity index (χ3n) is 1.11. The summed E-state index contributed by atoms with van der Waals surface area (Å²) in [6.45, 7) is 0. The summed E-state index contributed by atoms with van der Waals surface area (Å²) in [4.78, 5) is 0. The average Bonchev–Trinajstić information content (AvgIpc) is 1.85. The van der Waals surface area contributed by atoms with Crippen LogP contribution in [0.3, 0.4) is 0 Å². The van der Waals surface area contributed by atoms with E-state index >= 15 is 0 Å². The van der Waals surface area contributed by atoms with E-state index in [2.05, 4.69) is 4.74 Å². The molecule has 0 amide bonds. The first-order chi connectivity index (χ1) is 5.30. The van der Waals surface area contributed by atoms with Crippen molar-refractivity contribution in [3.05, 3.63) is 0 Å². The van der Waals surface area contributed by atoms with Gasteiger partial charge in [-0.15, -0.1) is 0 Å². The molecule has 0 aliphatic rings. The van der Waals surface area contributed by atoms with Gasteiger partial charge in [0.2, 0.25) is 0 Å². The normalized spacial score (nSPS) is 18.0. The van der Waals surface area contributed by atoms with Crippen molar-refractivity contribution in [3.8, 4) is 0 Å². The third-order valence-corrected chi connectivity index (χ3v) is 1.11. The predicted molar refractivity (Wildman–Crippen MR) is 27.8 cm³/mol. The summed E-state index contributed by atoms with van der Waals surface area (Å²) in [6, 6.07) is 0. The van der Waals surface area contributed by atoms with Crippen molar-refractivity contribution in [3.63, 3.8) is 0 Å². The Bertz CT molecular complexity index is 132. The van der Waals surface area contributed by atoms with E-state index in [4.69, 9.17) is 0 Å². The van der Waals surface area contributed by atoms with Crippen LogP contribution in [0.5, 0.6) is 0 Å². The Labute approximate surface area is 64.3 Å². The Kier molecular flexibility index (Phi) is 3.82. The first-order valence-electron chi connectivity index (χ1n) is 2.82. The number of methoxy groups -OCH3 is 1. The summed E-state index contributed by atoms with van der Waals surface area (Å²) >= 11 is 0. The van der Waals surface area contributed by atoms with E-state index < -0.39 is 24.9 Å². The van der Waals surface area contributed by atoms with E-state index in [-0.39, 0.29) is 0 Å². The van der Waals surface area contributed by atoms with Gasteiger partial charge in [0.25, 0.3) is 6.43 Å². The number of hydrogen-bond donors (Lipinski definition) is 0. The fraction of sp³-hybridized carbons (Fsp3) is 1.00. The summed E-state index contributed by atoms with van der Waals surface area (Å²) < 4.78 is 73.4. The van der Waals surface area contributed by atoms with Crippen LogP contribution in [0.2, 0.25) is 0 Å². The quantitative estimate of drug-likeness (QED) is 0.628. The highest BCUT2D eigenvalue weighted by atomic mass is 19.4. The Balaban J connectivity index is 4.35. The van der Waals surface area contributed by atoms with Crippen molar-refractivity contribution in [2.24, 2.45) is 0 Å². The number of hydrogen-bond acceptors (Lipinski definition) is 1. The number of alkyl halides is 6. The molecule has 0 aromatic rings. The topological polar surface area (TPSA) is 9.23 Å². The van der Waals surface area contributed by atoms with Crippen LogP contribution in [-0.2, 0) is 4.74 Å².